The number of nitrogens with zero attached hydrogens (tertiary/aromatic N) is 1. The van der Waals surface area contributed by atoms with Gasteiger partial charge in [0.1, 0.15) is 13.2 Å². The Hall–Kier alpha value is -0.940. The number of hydrogen-bond acceptors (Lipinski definition) is 4. The summed E-state index contributed by atoms with van der Waals surface area (Å²) in [6.07, 6.45) is -0.153. The van der Waals surface area contributed by atoms with E-state index in [1.807, 2.05) is 0 Å². The molecule has 2 atom stereocenters. The van der Waals surface area contributed by atoms with E-state index < -0.39 is 12.1 Å². The molecular weight excluding hydrogens is 186 g/mol. The lowest BCUT2D eigenvalue weighted by molar-refractivity contribution is -0.163. The number of carbonyl (C=O) groups excluding carboxylic acids is 2. The van der Waals surface area contributed by atoms with Crippen LogP contribution in [0.2, 0.25) is 0 Å². The van der Waals surface area contributed by atoms with Crippen molar-refractivity contribution in [1.82, 2.24) is 4.90 Å². The van der Waals surface area contributed by atoms with Gasteiger partial charge in [-0.1, -0.05) is 6.92 Å². The van der Waals surface area contributed by atoms with Crippen LogP contribution in [0.1, 0.15) is 20.3 Å². The number of aliphatic hydroxyl groups excluding tert-OH is 1. The monoisotopic (exact) mass is 201 g/mol. The summed E-state index contributed by atoms with van der Waals surface area (Å²) in [5.41, 5.74) is 0. The van der Waals surface area contributed by atoms with Gasteiger partial charge in [-0.3, -0.25) is 14.5 Å². The third-order valence-corrected chi connectivity index (χ3v) is 2.37. The van der Waals surface area contributed by atoms with Gasteiger partial charge >= 0.3 is 0 Å². The largest absolute Gasteiger partial charge is 0.391 e. The van der Waals surface area contributed by atoms with Gasteiger partial charge in [-0.15, -0.1) is 0 Å². The molecule has 0 aliphatic carbocycles. The molecule has 1 fully saturated rings. The van der Waals surface area contributed by atoms with Crippen LogP contribution in [0.5, 0.6) is 0 Å². The quantitative estimate of drug-likeness (QED) is 0.627. The predicted molar refractivity (Wildman–Crippen MR) is 48.4 cm³/mol. The second-order valence-corrected chi connectivity index (χ2v) is 3.37. The van der Waals surface area contributed by atoms with Gasteiger partial charge < -0.3 is 9.84 Å². The standard InChI is InChI=1S/C9H15NO4/c1-3-7(11)6(2)10-8(12)4-14-5-9(10)13/h6-7,11H,3-5H2,1-2H3. The van der Waals surface area contributed by atoms with Crippen LogP contribution in [0.25, 0.3) is 0 Å². The molecule has 0 radical (unpaired) electrons. The Morgan fingerprint density at radius 3 is 2.36 bits per heavy atom. The van der Waals surface area contributed by atoms with Crippen molar-refractivity contribution in [3.05, 3.63) is 0 Å². The Morgan fingerprint density at radius 2 is 1.93 bits per heavy atom. The molecule has 0 saturated carbocycles. The van der Waals surface area contributed by atoms with Gasteiger partial charge in [0.2, 0.25) is 0 Å². The lowest BCUT2D eigenvalue weighted by Crippen LogP contribution is -2.54. The first kappa shape index (κ1) is 11.1. The molecule has 1 heterocycles. The number of hydrogen-bond donors (Lipinski definition) is 1. The molecule has 0 aromatic carbocycles. The van der Waals surface area contributed by atoms with Crippen molar-refractivity contribution in [1.29, 1.82) is 0 Å². The highest BCUT2D eigenvalue weighted by molar-refractivity contribution is 5.98. The number of rotatable bonds is 3. The summed E-state index contributed by atoms with van der Waals surface area (Å²) in [5, 5.41) is 9.53. The first-order valence-corrected chi connectivity index (χ1v) is 4.68. The summed E-state index contributed by atoms with van der Waals surface area (Å²) in [7, 11) is 0. The molecule has 2 amide bonds. The van der Waals surface area contributed by atoms with Crippen LogP contribution >= 0.6 is 0 Å². The molecule has 5 heteroatoms. The lowest BCUT2D eigenvalue weighted by atomic mass is 10.1. The lowest BCUT2D eigenvalue weighted by Gasteiger charge is -2.32. The molecule has 0 aromatic heterocycles. The number of amides is 2. The van der Waals surface area contributed by atoms with Crippen molar-refractivity contribution in [2.24, 2.45) is 0 Å². The molecule has 0 bridgehead atoms. The Morgan fingerprint density at radius 1 is 1.43 bits per heavy atom. The first-order valence-electron chi connectivity index (χ1n) is 4.68. The third-order valence-electron chi connectivity index (χ3n) is 2.37. The zero-order valence-corrected chi connectivity index (χ0v) is 8.40. The van der Waals surface area contributed by atoms with Gasteiger partial charge in [0.25, 0.3) is 11.8 Å². The minimum Gasteiger partial charge on any atom is -0.391 e. The number of aliphatic hydroxyl groups is 1. The van der Waals surface area contributed by atoms with Crippen LogP contribution in [-0.4, -0.2) is 47.2 Å². The maximum absolute atomic E-state index is 11.3. The summed E-state index contributed by atoms with van der Waals surface area (Å²) < 4.78 is 4.77. The molecule has 1 N–H and O–H groups in total. The Bertz CT molecular complexity index is 225. The SMILES string of the molecule is CCC(O)C(C)N1C(=O)COCC1=O. The summed E-state index contributed by atoms with van der Waals surface area (Å²) in [4.78, 5) is 23.8. The highest BCUT2D eigenvalue weighted by Crippen LogP contribution is 2.11. The van der Waals surface area contributed by atoms with Crippen molar-refractivity contribution < 1.29 is 19.4 Å². The van der Waals surface area contributed by atoms with Crippen molar-refractivity contribution >= 4 is 11.8 Å². The molecule has 14 heavy (non-hydrogen) atoms. The maximum atomic E-state index is 11.3. The van der Waals surface area contributed by atoms with Gasteiger partial charge in [0.05, 0.1) is 12.1 Å². The fourth-order valence-corrected chi connectivity index (χ4v) is 1.47. The Balaban J connectivity index is 2.72. The smallest absolute Gasteiger partial charge is 0.255 e. The van der Waals surface area contributed by atoms with E-state index in [0.717, 1.165) is 4.90 Å². The normalized spacial score (nSPS) is 22.4. The van der Waals surface area contributed by atoms with Crippen molar-refractivity contribution in [3.8, 4) is 0 Å². The third kappa shape index (κ3) is 2.10. The van der Waals surface area contributed by atoms with Crippen LogP contribution in [0.3, 0.4) is 0 Å². The average Bonchev–Trinajstić information content (AvgIpc) is 2.16. The van der Waals surface area contributed by atoms with Crippen molar-refractivity contribution in [3.63, 3.8) is 0 Å². The minimum atomic E-state index is -0.666. The van der Waals surface area contributed by atoms with Crippen LogP contribution < -0.4 is 0 Å². The van der Waals surface area contributed by atoms with E-state index in [0.29, 0.717) is 6.42 Å². The van der Waals surface area contributed by atoms with E-state index in [1.165, 1.54) is 0 Å². The van der Waals surface area contributed by atoms with Crippen LogP contribution in [0, 0.1) is 0 Å². The molecular formula is C9H15NO4. The highest BCUT2D eigenvalue weighted by atomic mass is 16.5. The summed E-state index contributed by atoms with van der Waals surface area (Å²) in [5.74, 6) is -0.748. The molecule has 5 nitrogen and oxygen atoms in total. The number of carbonyl (C=O) groups is 2. The van der Waals surface area contributed by atoms with E-state index >= 15 is 0 Å². The van der Waals surface area contributed by atoms with Gasteiger partial charge in [0, 0.05) is 0 Å². The molecule has 80 valence electrons. The van der Waals surface area contributed by atoms with E-state index in [9.17, 15) is 14.7 Å². The van der Waals surface area contributed by atoms with E-state index in [2.05, 4.69) is 0 Å². The maximum Gasteiger partial charge on any atom is 0.255 e. The predicted octanol–water partition coefficient (Wildman–Crippen LogP) is -0.469. The zero-order valence-electron chi connectivity index (χ0n) is 8.40. The van der Waals surface area contributed by atoms with Gasteiger partial charge in [-0.2, -0.15) is 0 Å². The average molecular weight is 201 g/mol. The Kier molecular flexibility index (Phi) is 3.60. The van der Waals surface area contributed by atoms with Crippen molar-refractivity contribution in [2.45, 2.75) is 32.4 Å². The minimum absolute atomic E-state index is 0.0769. The second-order valence-electron chi connectivity index (χ2n) is 3.37. The van der Waals surface area contributed by atoms with Gasteiger partial charge in [-0.05, 0) is 13.3 Å². The Labute approximate surface area is 82.6 Å². The highest BCUT2D eigenvalue weighted by Gasteiger charge is 2.33. The van der Waals surface area contributed by atoms with Crippen molar-refractivity contribution in [2.75, 3.05) is 13.2 Å². The van der Waals surface area contributed by atoms with Crippen LogP contribution in [-0.2, 0) is 14.3 Å². The zero-order chi connectivity index (χ0) is 10.7. The molecule has 2 unspecified atom stereocenters. The number of ether oxygens (including phenoxy) is 1. The van der Waals surface area contributed by atoms with E-state index in [1.54, 1.807) is 13.8 Å². The molecule has 1 saturated heterocycles. The molecule has 1 rings (SSSR count). The van der Waals surface area contributed by atoms with Gasteiger partial charge in [-0.25, -0.2) is 0 Å². The summed E-state index contributed by atoms with van der Waals surface area (Å²) in [6.45, 7) is 3.31. The van der Waals surface area contributed by atoms with E-state index in [4.69, 9.17) is 4.74 Å². The fraction of sp³-hybridized carbons (Fsp3) is 0.778. The molecule has 0 spiro atoms. The summed E-state index contributed by atoms with van der Waals surface area (Å²) in [6, 6.07) is -0.469. The molecule has 1 aliphatic heterocycles. The van der Waals surface area contributed by atoms with E-state index in [-0.39, 0.29) is 25.0 Å². The van der Waals surface area contributed by atoms with Gasteiger partial charge in [0.15, 0.2) is 0 Å². The molecule has 0 aromatic rings. The second kappa shape index (κ2) is 4.52. The van der Waals surface area contributed by atoms with Crippen LogP contribution in [0.4, 0.5) is 0 Å². The number of imide groups is 1. The topological polar surface area (TPSA) is 66.8 Å². The van der Waals surface area contributed by atoms with Crippen LogP contribution in [0.15, 0.2) is 0 Å². The molecule has 1 aliphatic rings. The number of morpholine rings is 1. The first-order chi connectivity index (χ1) is 6.57. The summed E-state index contributed by atoms with van der Waals surface area (Å²) >= 11 is 0. The fourth-order valence-electron chi connectivity index (χ4n) is 1.47.